The first-order valence-corrected chi connectivity index (χ1v) is 9.64. The predicted octanol–water partition coefficient (Wildman–Crippen LogP) is 2.92. The largest absolute Gasteiger partial charge is 0.379 e. The lowest BCUT2D eigenvalue weighted by atomic mass is 10.4. The zero-order valence-electron chi connectivity index (χ0n) is 11.3. The van der Waals surface area contributed by atoms with E-state index in [-0.39, 0.29) is 0 Å². The van der Waals surface area contributed by atoms with E-state index < -0.39 is 10.0 Å². The molecule has 0 unspecified atom stereocenters. The molecule has 1 aromatic carbocycles. The number of morpholine rings is 1. The summed E-state index contributed by atoms with van der Waals surface area (Å²) in [6, 6.07) is 13.5. The SMILES string of the molecule is O=S(=O)(c1ccc(Sc2ccccc2)s1)N1CCOCC1. The number of ether oxygens (including phenoxy) is 1. The third-order valence-corrected chi connectivity index (χ3v) is 7.67. The highest BCUT2D eigenvalue weighted by atomic mass is 32.3. The van der Waals surface area contributed by atoms with Crippen molar-refractivity contribution in [2.45, 2.75) is 13.3 Å². The van der Waals surface area contributed by atoms with Crippen molar-refractivity contribution in [1.29, 1.82) is 0 Å². The summed E-state index contributed by atoms with van der Waals surface area (Å²) in [5.41, 5.74) is 0. The summed E-state index contributed by atoms with van der Waals surface area (Å²) in [6.45, 7) is 1.80. The van der Waals surface area contributed by atoms with Gasteiger partial charge >= 0.3 is 0 Å². The number of hydrogen-bond acceptors (Lipinski definition) is 5. The summed E-state index contributed by atoms with van der Waals surface area (Å²) in [4.78, 5) is 1.11. The van der Waals surface area contributed by atoms with Crippen LogP contribution >= 0.6 is 23.1 Å². The molecule has 0 N–H and O–H groups in total. The maximum atomic E-state index is 12.5. The van der Waals surface area contributed by atoms with Crippen LogP contribution in [0.5, 0.6) is 0 Å². The molecule has 2 aromatic rings. The summed E-state index contributed by atoms with van der Waals surface area (Å²) in [7, 11) is -3.37. The lowest BCUT2D eigenvalue weighted by Crippen LogP contribution is -2.40. The highest BCUT2D eigenvalue weighted by molar-refractivity contribution is 8.01. The Bertz CT molecular complexity index is 691. The molecule has 4 nitrogen and oxygen atoms in total. The van der Waals surface area contributed by atoms with E-state index in [2.05, 4.69) is 0 Å². The minimum atomic E-state index is -3.37. The minimum Gasteiger partial charge on any atom is -0.379 e. The van der Waals surface area contributed by atoms with Gasteiger partial charge in [-0.25, -0.2) is 8.42 Å². The third kappa shape index (κ3) is 3.49. The predicted molar refractivity (Wildman–Crippen MR) is 84.5 cm³/mol. The molecule has 0 spiro atoms. The van der Waals surface area contributed by atoms with Crippen molar-refractivity contribution in [3.63, 3.8) is 0 Å². The van der Waals surface area contributed by atoms with Crippen LogP contribution < -0.4 is 0 Å². The van der Waals surface area contributed by atoms with E-state index in [1.807, 2.05) is 36.4 Å². The van der Waals surface area contributed by atoms with E-state index in [1.165, 1.54) is 15.6 Å². The van der Waals surface area contributed by atoms with Gasteiger partial charge in [-0.2, -0.15) is 4.31 Å². The summed E-state index contributed by atoms with van der Waals surface area (Å²) in [5.74, 6) is 0. The molecule has 1 aliphatic heterocycles. The normalized spacial score (nSPS) is 17.0. The van der Waals surface area contributed by atoms with Crippen LogP contribution in [-0.4, -0.2) is 39.0 Å². The van der Waals surface area contributed by atoms with Gasteiger partial charge in [0.2, 0.25) is 0 Å². The lowest BCUT2D eigenvalue weighted by Gasteiger charge is -2.25. The standard InChI is InChI=1S/C14H15NO3S3/c16-21(17,15-8-10-18-11-9-15)14-7-6-13(20-14)19-12-4-2-1-3-5-12/h1-7H,8-11H2. The van der Waals surface area contributed by atoms with Crippen LogP contribution in [0.1, 0.15) is 0 Å². The molecule has 1 aliphatic rings. The van der Waals surface area contributed by atoms with Crippen molar-refractivity contribution in [2.24, 2.45) is 0 Å². The quantitative estimate of drug-likeness (QED) is 0.858. The molecule has 0 aliphatic carbocycles. The Morgan fingerprint density at radius 2 is 1.76 bits per heavy atom. The Balaban J connectivity index is 1.78. The minimum absolute atomic E-state index is 0.405. The maximum absolute atomic E-state index is 12.5. The fourth-order valence-corrected chi connectivity index (χ4v) is 6.16. The van der Waals surface area contributed by atoms with Crippen molar-refractivity contribution in [3.8, 4) is 0 Å². The second-order valence-corrected chi connectivity index (χ2v) is 9.13. The topological polar surface area (TPSA) is 46.6 Å². The first-order valence-electron chi connectivity index (χ1n) is 6.57. The maximum Gasteiger partial charge on any atom is 0.252 e. The average molecular weight is 341 g/mol. The van der Waals surface area contributed by atoms with Crippen LogP contribution in [0.25, 0.3) is 0 Å². The van der Waals surface area contributed by atoms with Gasteiger partial charge in [0.25, 0.3) is 10.0 Å². The molecule has 1 aromatic heterocycles. The number of benzene rings is 1. The summed E-state index contributed by atoms with van der Waals surface area (Å²) in [5, 5.41) is 0. The fraction of sp³-hybridized carbons (Fsp3) is 0.286. The van der Waals surface area contributed by atoms with E-state index in [1.54, 1.807) is 17.8 Å². The van der Waals surface area contributed by atoms with Gasteiger partial charge in [-0.3, -0.25) is 0 Å². The van der Waals surface area contributed by atoms with E-state index >= 15 is 0 Å². The zero-order valence-corrected chi connectivity index (χ0v) is 13.7. The number of rotatable bonds is 4. The van der Waals surface area contributed by atoms with Gasteiger partial charge < -0.3 is 4.74 Å². The van der Waals surface area contributed by atoms with Crippen LogP contribution in [0.15, 0.2) is 55.8 Å². The van der Waals surface area contributed by atoms with E-state index in [9.17, 15) is 8.42 Å². The molecule has 0 amide bonds. The summed E-state index contributed by atoms with van der Waals surface area (Å²) >= 11 is 2.90. The van der Waals surface area contributed by atoms with Crippen LogP contribution in [-0.2, 0) is 14.8 Å². The van der Waals surface area contributed by atoms with Gasteiger partial charge in [-0.1, -0.05) is 30.0 Å². The molecule has 112 valence electrons. The van der Waals surface area contributed by atoms with Crippen LogP contribution in [0.4, 0.5) is 0 Å². The molecule has 21 heavy (non-hydrogen) atoms. The Morgan fingerprint density at radius 3 is 2.48 bits per heavy atom. The molecule has 0 atom stereocenters. The smallest absolute Gasteiger partial charge is 0.252 e. The Labute approximate surface area is 132 Å². The summed E-state index contributed by atoms with van der Waals surface area (Å²) in [6.07, 6.45) is 0. The van der Waals surface area contributed by atoms with Crippen molar-refractivity contribution in [2.75, 3.05) is 26.3 Å². The Morgan fingerprint density at radius 1 is 1.05 bits per heavy atom. The monoisotopic (exact) mass is 341 g/mol. The lowest BCUT2D eigenvalue weighted by molar-refractivity contribution is 0.0731. The molecular weight excluding hydrogens is 326 g/mol. The average Bonchev–Trinajstić information content (AvgIpc) is 2.98. The van der Waals surface area contributed by atoms with Gasteiger partial charge in [-0.15, -0.1) is 11.3 Å². The number of nitrogens with zero attached hydrogens (tertiary/aromatic N) is 1. The van der Waals surface area contributed by atoms with E-state index in [0.717, 1.165) is 9.10 Å². The highest BCUT2D eigenvalue weighted by Gasteiger charge is 2.27. The van der Waals surface area contributed by atoms with Crippen molar-refractivity contribution in [3.05, 3.63) is 42.5 Å². The molecule has 0 radical (unpaired) electrons. The second kappa shape index (κ2) is 6.50. The van der Waals surface area contributed by atoms with Gasteiger partial charge in [0.05, 0.1) is 17.4 Å². The van der Waals surface area contributed by atoms with Crippen LogP contribution in [0.2, 0.25) is 0 Å². The molecular formula is C14H15NO3S3. The molecule has 2 heterocycles. The summed E-state index contributed by atoms with van der Waals surface area (Å²) < 4.78 is 33.1. The van der Waals surface area contributed by atoms with Gasteiger partial charge in [-0.05, 0) is 24.3 Å². The third-order valence-electron chi connectivity index (χ3n) is 3.08. The first kappa shape index (κ1) is 15.1. The van der Waals surface area contributed by atoms with Crippen LogP contribution in [0.3, 0.4) is 0 Å². The number of sulfonamides is 1. The fourth-order valence-electron chi connectivity index (χ4n) is 2.02. The zero-order chi connectivity index (χ0) is 14.7. The van der Waals surface area contributed by atoms with E-state index in [0.29, 0.717) is 30.5 Å². The van der Waals surface area contributed by atoms with Gasteiger partial charge in [0.1, 0.15) is 4.21 Å². The van der Waals surface area contributed by atoms with Gasteiger partial charge in [0, 0.05) is 18.0 Å². The second-order valence-electron chi connectivity index (χ2n) is 4.51. The molecule has 7 heteroatoms. The first-order chi connectivity index (χ1) is 10.2. The van der Waals surface area contributed by atoms with Gasteiger partial charge in [0.15, 0.2) is 0 Å². The Hall–Kier alpha value is -0.860. The number of thiophene rings is 1. The number of hydrogen-bond donors (Lipinski definition) is 0. The molecule has 0 saturated carbocycles. The highest BCUT2D eigenvalue weighted by Crippen LogP contribution is 2.36. The Kier molecular flexibility index (Phi) is 4.66. The molecule has 1 fully saturated rings. The van der Waals surface area contributed by atoms with Crippen molar-refractivity contribution in [1.82, 2.24) is 4.31 Å². The van der Waals surface area contributed by atoms with E-state index in [4.69, 9.17) is 4.74 Å². The van der Waals surface area contributed by atoms with Crippen molar-refractivity contribution >= 4 is 33.1 Å². The van der Waals surface area contributed by atoms with Crippen molar-refractivity contribution < 1.29 is 13.2 Å². The molecule has 3 rings (SSSR count). The molecule has 0 bridgehead atoms. The van der Waals surface area contributed by atoms with Crippen LogP contribution in [0, 0.1) is 0 Å². The molecule has 1 saturated heterocycles.